The summed E-state index contributed by atoms with van der Waals surface area (Å²) in [5.74, 6) is -0.298. The Morgan fingerprint density at radius 2 is 2.10 bits per heavy atom. The van der Waals surface area contributed by atoms with E-state index < -0.39 is 4.92 Å². The molecule has 1 aromatic carbocycles. The van der Waals surface area contributed by atoms with Crippen LogP contribution < -0.4 is 5.32 Å². The Hall–Kier alpha value is -2.22. The van der Waals surface area contributed by atoms with E-state index in [0.717, 1.165) is 10.2 Å². The average Bonchev–Trinajstić information content (AvgIpc) is 2.75. The molecule has 1 aromatic heterocycles. The number of aromatic nitrogens is 2. The Bertz CT molecular complexity index is 632. The maximum atomic E-state index is 11.9. The molecule has 0 saturated heterocycles. The van der Waals surface area contributed by atoms with Gasteiger partial charge in [0.25, 0.3) is 11.6 Å². The van der Waals surface area contributed by atoms with Crippen LogP contribution in [0.3, 0.4) is 0 Å². The molecule has 8 heteroatoms. The number of hydrogen-bond acceptors (Lipinski definition) is 4. The number of carbonyl (C=O) groups excluding carboxylic acids is 1. The summed E-state index contributed by atoms with van der Waals surface area (Å²) in [7, 11) is 1.78. The third kappa shape index (κ3) is 3.02. The summed E-state index contributed by atoms with van der Waals surface area (Å²) < 4.78 is 2.46. The topological polar surface area (TPSA) is 90.1 Å². The van der Waals surface area contributed by atoms with Crippen molar-refractivity contribution in [3.05, 3.63) is 56.3 Å². The minimum absolute atomic E-state index is 0.0454. The quantitative estimate of drug-likeness (QED) is 0.682. The maximum Gasteiger partial charge on any atom is 0.269 e. The van der Waals surface area contributed by atoms with Gasteiger partial charge in [-0.2, -0.15) is 5.10 Å². The zero-order chi connectivity index (χ0) is 14.7. The van der Waals surface area contributed by atoms with Gasteiger partial charge in [-0.15, -0.1) is 0 Å². The summed E-state index contributed by atoms with van der Waals surface area (Å²) in [5, 5.41) is 17.3. The van der Waals surface area contributed by atoms with E-state index in [4.69, 9.17) is 0 Å². The highest BCUT2D eigenvalue weighted by atomic mass is 79.9. The van der Waals surface area contributed by atoms with Crippen molar-refractivity contribution in [2.24, 2.45) is 7.05 Å². The first-order valence-corrected chi connectivity index (χ1v) is 6.47. The second-order valence-corrected chi connectivity index (χ2v) is 4.90. The molecule has 0 atom stereocenters. The molecule has 2 aromatic rings. The van der Waals surface area contributed by atoms with E-state index in [9.17, 15) is 14.9 Å². The van der Waals surface area contributed by atoms with Crippen LogP contribution in [0.25, 0.3) is 0 Å². The Kier molecular flexibility index (Phi) is 4.14. The molecule has 0 aliphatic carbocycles. The molecular formula is C12H11BrN4O3. The minimum Gasteiger partial charge on any atom is -0.346 e. The first-order chi connectivity index (χ1) is 9.49. The van der Waals surface area contributed by atoms with Crippen LogP contribution in [0.15, 0.2) is 34.9 Å². The van der Waals surface area contributed by atoms with Gasteiger partial charge in [0.2, 0.25) is 0 Å². The normalized spacial score (nSPS) is 10.3. The molecule has 1 N–H and O–H groups in total. The van der Waals surface area contributed by atoms with E-state index in [-0.39, 0.29) is 11.6 Å². The number of nitrogens with zero attached hydrogens (tertiary/aromatic N) is 3. The summed E-state index contributed by atoms with van der Waals surface area (Å²) in [6.45, 7) is 0.312. The van der Waals surface area contributed by atoms with Crippen LogP contribution in [0, 0.1) is 10.1 Å². The lowest BCUT2D eigenvalue weighted by atomic mass is 10.2. The van der Waals surface area contributed by atoms with Gasteiger partial charge >= 0.3 is 0 Å². The van der Waals surface area contributed by atoms with Crippen LogP contribution in [-0.2, 0) is 13.6 Å². The van der Waals surface area contributed by atoms with Crippen molar-refractivity contribution in [3.8, 4) is 0 Å². The van der Waals surface area contributed by atoms with Crippen LogP contribution in [0.1, 0.15) is 16.1 Å². The Morgan fingerprint density at radius 3 is 2.60 bits per heavy atom. The van der Waals surface area contributed by atoms with Gasteiger partial charge < -0.3 is 5.32 Å². The molecule has 2 rings (SSSR count). The molecule has 20 heavy (non-hydrogen) atoms. The Morgan fingerprint density at radius 1 is 1.45 bits per heavy atom. The first kappa shape index (κ1) is 14.2. The van der Waals surface area contributed by atoms with Crippen molar-refractivity contribution < 1.29 is 9.72 Å². The molecule has 0 saturated carbocycles. The van der Waals surface area contributed by atoms with E-state index in [0.29, 0.717) is 12.1 Å². The number of benzene rings is 1. The molecule has 7 nitrogen and oxygen atoms in total. The lowest BCUT2D eigenvalue weighted by Crippen LogP contribution is -2.24. The number of nitro benzene ring substituents is 1. The lowest BCUT2D eigenvalue weighted by Gasteiger charge is -2.06. The highest BCUT2D eigenvalue weighted by Crippen LogP contribution is 2.15. The summed E-state index contributed by atoms with van der Waals surface area (Å²) >= 11 is 3.34. The fourth-order valence-corrected chi connectivity index (χ4v) is 2.12. The molecule has 1 heterocycles. The average molecular weight is 339 g/mol. The van der Waals surface area contributed by atoms with Crippen molar-refractivity contribution >= 4 is 27.5 Å². The van der Waals surface area contributed by atoms with Crippen LogP contribution >= 0.6 is 15.9 Å². The molecule has 0 bridgehead atoms. The van der Waals surface area contributed by atoms with Gasteiger partial charge in [0.1, 0.15) is 0 Å². The standard InChI is InChI=1S/C12H11BrN4O3/c1-16-11(10(13)6-15-16)7-14-12(18)8-2-4-9(5-3-8)17(19)20/h2-6H,7H2,1H3,(H,14,18). The molecule has 0 unspecified atom stereocenters. The van der Waals surface area contributed by atoms with Crippen molar-refractivity contribution in [2.75, 3.05) is 0 Å². The fraction of sp³-hybridized carbons (Fsp3) is 0.167. The SMILES string of the molecule is Cn1ncc(Br)c1CNC(=O)c1ccc([N+](=O)[O-])cc1. The van der Waals surface area contributed by atoms with Crippen LogP contribution in [0.5, 0.6) is 0 Å². The van der Waals surface area contributed by atoms with Crippen LogP contribution in [-0.4, -0.2) is 20.6 Å². The number of carbonyl (C=O) groups is 1. The number of hydrogen-bond donors (Lipinski definition) is 1. The van der Waals surface area contributed by atoms with Gasteiger partial charge in [-0.1, -0.05) is 0 Å². The predicted octanol–water partition coefficient (Wildman–Crippen LogP) is 2.02. The smallest absolute Gasteiger partial charge is 0.269 e. The van der Waals surface area contributed by atoms with E-state index in [2.05, 4.69) is 26.3 Å². The van der Waals surface area contributed by atoms with Gasteiger partial charge in [0.05, 0.1) is 27.8 Å². The molecule has 104 valence electrons. The molecule has 0 radical (unpaired) electrons. The largest absolute Gasteiger partial charge is 0.346 e. The zero-order valence-corrected chi connectivity index (χ0v) is 12.1. The Balaban J connectivity index is 2.03. The first-order valence-electron chi connectivity index (χ1n) is 5.68. The van der Waals surface area contributed by atoms with Gasteiger partial charge in [0, 0.05) is 24.7 Å². The summed E-state index contributed by atoms with van der Waals surface area (Å²) in [4.78, 5) is 21.9. The van der Waals surface area contributed by atoms with E-state index in [1.807, 2.05) is 0 Å². The fourth-order valence-electron chi connectivity index (χ4n) is 1.64. The van der Waals surface area contributed by atoms with E-state index in [1.54, 1.807) is 17.9 Å². The zero-order valence-electron chi connectivity index (χ0n) is 10.5. The third-order valence-corrected chi connectivity index (χ3v) is 3.43. The van der Waals surface area contributed by atoms with E-state index >= 15 is 0 Å². The number of nitrogens with one attached hydrogen (secondary N) is 1. The molecule has 0 aliphatic rings. The van der Waals surface area contributed by atoms with Crippen molar-refractivity contribution in [2.45, 2.75) is 6.54 Å². The number of non-ortho nitro benzene ring substituents is 1. The number of halogens is 1. The minimum atomic E-state index is -0.506. The molecule has 0 spiro atoms. The third-order valence-electron chi connectivity index (χ3n) is 2.77. The highest BCUT2D eigenvalue weighted by molar-refractivity contribution is 9.10. The summed E-state index contributed by atoms with van der Waals surface area (Å²) in [6.07, 6.45) is 1.65. The second kappa shape index (κ2) is 5.83. The molecular weight excluding hydrogens is 328 g/mol. The lowest BCUT2D eigenvalue weighted by molar-refractivity contribution is -0.384. The van der Waals surface area contributed by atoms with Gasteiger partial charge in [-0.3, -0.25) is 19.6 Å². The van der Waals surface area contributed by atoms with Crippen LogP contribution in [0.2, 0.25) is 0 Å². The van der Waals surface area contributed by atoms with E-state index in [1.165, 1.54) is 24.3 Å². The highest BCUT2D eigenvalue weighted by Gasteiger charge is 2.11. The summed E-state index contributed by atoms with van der Waals surface area (Å²) in [5.41, 5.74) is 1.16. The summed E-state index contributed by atoms with van der Waals surface area (Å²) in [6, 6.07) is 5.45. The van der Waals surface area contributed by atoms with Gasteiger partial charge in [-0.25, -0.2) is 0 Å². The van der Waals surface area contributed by atoms with Crippen molar-refractivity contribution in [1.29, 1.82) is 0 Å². The van der Waals surface area contributed by atoms with Crippen LogP contribution in [0.4, 0.5) is 5.69 Å². The monoisotopic (exact) mass is 338 g/mol. The number of aryl methyl sites for hydroxylation is 1. The molecule has 0 fully saturated rings. The molecule has 1 amide bonds. The van der Waals surface area contributed by atoms with Crippen molar-refractivity contribution in [1.82, 2.24) is 15.1 Å². The second-order valence-electron chi connectivity index (χ2n) is 4.05. The van der Waals surface area contributed by atoms with Gasteiger partial charge in [0.15, 0.2) is 0 Å². The van der Waals surface area contributed by atoms with Crippen molar-refractivity contribution in [3.63, 3.8) is 0 Å². The molecule has 0 aliphatic heterocycles. The maximum absolute atomic E-state index is 11.9. The number of nitro groups is 1. The van der Waals surface area contributed by atoms with Gasteiger partial charge in [-0.05, 0) is 28.1 Å². The number of amides is 1. The predicted molar refractivity (Wildman–Crippen MR) is 75.2 cm³/mol. The number of rotatable bonds is 4. The Labute approximate surface area is 122 Å².